The van der Waals surface area contributed by atoms with Gasteiger partial charge in [-0.1, -0.05) is 6.08 Å². The van der Waals surface area contributed by atoms with Crippen molar-refractivity contribution in [3.05, 3.63) is 33.4 Å². The van der Waals surface area contributed by atoms with E-state index >= 15 is 0 Å². The van der Waals surface area contributed by atoms with Gasteiger partial charge in [-0.15, -0.1) is 0 Å². The maximum atomic E-state index is 12.3. The van der Waals surface area contributed by atoms with Gasteiger partial charge in [0.25, 0.3) is 5.91 Å². The average Bonchev–Trinajstić information content (AvgIpc) is 2.70. The van der Waals surface area contributed by atoms with Gasteiger partial charge in [-0.2, -0.15) is 0 Å². The third-order valence-corrected chi connectivity index (χ3v) is 2.65. The van der Waals surface area contributed by atoms with Crippen molar-refractivity contribution >= 4 is 18.0 Å². The summed E-state index contributed by atoms with van der Waals surface area (Å²) in [6.07, 6.45) is 2.25. The number of carbonyl (C=O) groups is 2. The van der Waals surface area contributed by atoms with Crippen molar-refractivity contribution in [1.29, 1.82) is 0 Å². The number of hydrogen-bond donors (Lipinski definition) is 1. The largest absolute Gasteiger partial charge is 0.452 e. The predicted molar refractivity (Wildman–Crippen MR) is 68.2 cm³/mol. The number of methoxy groups -OCH3 is 1. The summed E-state index contributed by atoms with van der Waals surface area (Å²) in [6, 6.07) is 0. The highest BCUT2D eigenvalue weighted by Crippen LogP contribution is 2.29. The zero-order valence-electron chi connectivity index (χ0n) is 11.2. The van der Waals surface area contributed by atoms with Crippen molar-refractivity contribution in [2.24, 2.45) is 0 Å². The summed E-state index contributed by atoms with van der Waals surface area (Å²) in [6.45, 7) is 2.87. The van der Waals surface area contributed by atoms with E-state index in [-0.39, 0.29) is 22.8 Å². The molecule has 1 aliphatic rings. The third kappa shape index (κ3) is 2.23. The normalized spacial score (nSPS) is 17.1. The van der Waals surface area contributed by atoms with Crippen LogP contribution < -0.4 is 15.5 Å². The van der Waals surface area contributed by atoms with E-state index in [0.29, 0.717) is 0 Å². The molecule has 1 N–H and O–H groups in total. The standard InChI is InChI=1S/C13H13NO6/c1-4-5-7-10(19-6(2)15)9(16)8-11(20-7)13(18-3)14-12(8)17/h4-5,13H,1-3H3,(H,14,17)/b5-4+. The van der Waals surface area contributed by atoms with E-state index in [1.165, 1.54) is 13.2 Å². The van der Waals surface area contributed by atoms with Crippen LogP contribution in [-0.4, -0.2) is 19.0 Å². The molecule has 2 heterocycles. The number of nitrogens with one attached hydrogen (secondary N) is 1. The summed E-state index contributed by atoms with van der Waals surface area (Å²) in [7, 11) is 1.37. The molecule has 106 valence electrons. The molecule has 1 aromatic rings. The smallest absolute Gasteiger partial charge is 0.308 e. The number of amides is 1. The van der Waals surface area contributed by atoms with Crippen LogP contribution in [0.25, 0.3) is 6.08 Å². The Labute approximate surface area is 114 Å². The number of allylic oxidation sites excluding steroid dienone is 1. The van der Waals surface area contributed by atoms with Crippen molar-refractivity contribution in [3.63, 3.8) is 0 Å². The van der Waals surface area contributed by atoms with E-state index in [0.717, 1.165) is 6.92 Å². The second-order valence-corrected chi connectivity index (χ2v) is 4.05. The minimum absolute atomic E-state index is 0.0602. The van der Waals surface area contributed by atoms with Crippen LogP contribution in [0.1, 0.15) is 42.0 Å². The van der Waals surface area contributed by atoms with Crippen LogP contribution in [0.4, 0.5) is 0 Å². The third-order valence-electron chi connectivity index (χ3n) is 2.65. The molecule has 1 unspecified atom stereocenters. The number of hydrogen-bond acceptors (Lipinski definition) is 6. The Balaban J connectivity index is 2.71. The first-order chi connectivity index (χ1) is 9.49. The van der Waals surface area contributed by atoms with Crippen LogP contribution in [0.2, 0.25) is 0 Å². The number of rotatable bonds is 3. The van der Waals surface area contributed by atoms with Gasteiger partial charge in [-0.25, -0.2) is 0 Å². The summed E-state index contributed by atoms with van der Waals surface area (Å²) in [5, 5.41) is 2.44. The van der Waals surface area contributed by atoms with E-state index in [1.807, 2.05) is 0 Å². The molecule has 0 aliphatic carbocycles. The van der Waals surface area contributed by atoms with Crippen molar-refractivity contribution in [2.75, 3.05) is 7.11 Å². The lowest BCUT2D eigenvalue weighted by atomic mass is 10.2. The highest BCUT2D eigenvalue weighted by molar-refractivity contribution is 5.98. The molecule has 7 heteroatoms. The van der Waals surface area contributed by atoms with Crippen LogP contribution in [0.3, 0.4) is 0 Å². The van der Waals surface area contributed by atoms with Crippen molar-refractivity contribution in [1.82, 2.24) is 5.32 Å². The summed E-state index contributed by atoms with van der Waals surface area (Å²) in [5.41, 5.74) is -0.909. The van der Waals surface area contributed by atoms with E-state index < -0.39 is 23.5 Å². The minimum atomic E-state index is -0.833. The number of carbonyl (C=O) groups excluding carboxylic acids is 2. The quantitative estimate of drug-likeness (QED) is 0.829. The lowest BCUT2D eigenvalue weighted by molar-refractivity contribution is -0.132. The maximum absolute atomic E-state index is 12.3. The monoisotopic (exact) mass is 279 g/mol. The van der Waals surface area contributed by atoms with Crippen LogP contribution >= 0.6 is 0 Å². The molecule has 2 rings (SSSR count). The van der Waals surface area contributed by atoms with Crippen LogP contribution in [0.5, 0.6) is 5.75 Å². The average molecular weight is 279 g/mol. The van der Waals surface area contributed by atoms with Crippen molar-refractivity contribution < 1.29 is 23.5 Å². The Morgan fingerprint density at radius 3 is 2.65 bits per heavy atom. The van der Waals surface area contributed by atoms with E-state index in [4.69, 9.17) is 13.9 Å². The van der Waals surface area contributed by atoms with Gasteiger partial charge in [0.15, 0.2) is 17.7 Å². The van der Waals surface area contributed by atoms with Gasteiger partial charge in [-0.05, 0) is 13.0 Å². The molecule has 0 radical (unpaired) electrons. The fourth-order valence-corrected chi connectivity index (χ4v) is 1.88. The van der Waals surface area contributed by atoms with Crippen LogP contribution in [0, 0.1) is 0 Å². The fourth-order valence-electron chi connectivity index (χ4n) is 1.88. The van der Waals surface area contributed by atoms with Gasteiger partial charge in [0.1, 0.15) is 5.56 Å². The van der Waals surface area contributed by atoms with Crippen LogP contribution in [-0.2, 0) is 9.53 Å². The second-order valence-electron chi connectivity index (χ2n) is 4.05. The number of fused-ring (bicyclic) bond motifs is 1. The topological polar surface area (TPSA) is 94.8 Å². The molecule has 0 saturated heterocycles. The molecular formula is C13H13NO6. The molecule has 0 saturated carbocycles. The summed E-state index contributed by atoms with van der Waals surface area (Å²) >= 11 is 0. The molecule has 1 amide bonds. The van der Waals surface area contributed by atoms with Gasteiger partial charge in [0, 0.05) is 14.0 Å². The van der Waals surface area contributed by atoms with Gasteiger partial charge in [-0.3, -0.25) is 14.4 Å². The lowest BCUT2D eigenvalue weighted by Gasteiger charge is -2.09. The summed E-state index contributed by atoms with van der Waals surface area (Å²) < 4.78 is 15.3. The Morgan fingerprint density at radius 2 is 2.10 bits per heavy atom. The Morgan fingerprint density at radius 1 is 1.40 bits per heavy atom. The zero-order chi connectivity index (χ0) is 14.9. The van der Waals surface area contributed by atoms with Crippen molar-refractivity contribution in [3.8, 4) is 5.75 Å². The Bertz CT molecular complexity index is 658. The SMILES string of the molecule is C/C=C/c1oc2c(c(=O)c1OC(C)=O)C(=O)NC2OC. The lowest BCUT2D eigenvalue weighted by Crippen LogP contribution is -2.23. The number of ether oxygens (including phenoxy) is 2. The Kier molecular flexibility index (Phi) is 3.71. The molecule has 0 spiro atoms. The first kappa shape index (κ1) is 14.0. The maximum Gasteiger partial charge on any atom is 0.308 e. The molecule has 1 aromatic heterocycles. The van der Waals surface area contributed by atoms with Crippen LogP contribution in [0.15, 0.2) is 15.3 Å². The molecule has 1 aliphatic heterocycles. The highest BCUT2D eigenvalue weighted by Gasteiger charge is 2.36. The highest BCUT2D eigenvalue weighted by atomic mass is 16.5. The Hall–Kier alpha value is -2.41. The van der Waals surface area contributed by atoms with Gasteiger partial charge >= 0.3 is 5.97 Å². The van der Waals surface area contributed by atoms with E-state index in [1.54, 1.807) is 13.0 Å². The molecule has 20 heavy (non-hydrogen) atoms. The van der Waals surface area contributed by atoms with E-state index in [2.05, 4.69) is 5.32 Å². The molecule has 0 aromatic carbocycles. The molecule has 0 bridgehead atoms. The zero-order valence-corrected chi connectivity index (χ0v) is 11.2. The molecule has 1 atom stereocenters. The predicted octanol–water partition coefficient (Wildman–Crippen LogP) is 0.987. The molecule has 0 fully saturated rings. The first-order valence-corrected chi connectivity index (χ1v) is 5.85. The second kappa shape index (κ2) is 5.30. The molecule has 7 nitrogen and oxygen atoms in total. The van der Waals surface area contributed by atoms with Crippen molar-refractivity contribution in [2.45, 2.75) is 20.1 Å². The minimum Gasteiger partial charge on any atom is -0.452 e. The summed E-state index contributed by atoms with van der Waals surface area (Å²) in [4.78, 5) is 35.1. The number of esters is 1. The first-order valence-electron chi connectivity index (χ1n) is 5.85. The van der Waals surface area contributed by atoms with Gasteiger partial charge in [0.2, 0.25) is 11.2 Å². The van der Waals surface area contributed by atoms with E-state index in [9.17, 15) is 14.4 Å². The fraction of sp³-hybridized carbons (Fsp3) is 0.308. The van der Waals surface area contributed by atoms with Gasteiger partial charge < -0.3 is 19.2 Å². The van der Waals surface area contributed by atoms with Gasteiger partial charge in [0.05, 0.1) is 0 Å². The molecular weight excluding hydrogens is 266 g/mol. The summed E-state index contributed by atoms with van der Waals surface area (Å²) in [5.74, 6) is -1.47.